The Morgan fingerprint density at radius 3 is 2.27 bits per heavy atom. The Balaban J connectivity index is 2.10. The Morgan fingerprint density at radius 2 is 1.64 bits per heavy atom. The molecule has 0 saturated heterocycles. The molecule has 2 aromatic carbocycles. The molecule has 0 fully saturated rings. The van der Waals surface area contributed by atoms with Gasteiger partial charge in [-0.3, -0.25) is 4.79 Å². The molecule has 1 atom stereocenters. The van der Waals surface area contributed by atoms with Crippen molar-refractivity contribution in [2.24, 2.45) is 0 Å². The van der Waals surface area contributed by atoms with Gasteiger partial charge >= 0.3 is 11.9 Å². The van der Waals surface area contributed by atoms with Crippen LogP contribution in [0.15, 0.2) is 80.3 Å². The van der Waals surface area contributed by atoms with Gasteiger partial charge < -0.3 is 19.6 Å². The Bertz CT molecular complexity index is 1410. The van der Waals surface area contributed by atoms with Crippen LogP contribution in [0.5, 0.6) is 0 Å². The summed E-state index contributed by atoms with van der Waals surface area (Å²) in [6, 6.07) is 14.2. The molecule has 0 spiro atoms. The van der Waals surface area contributed by atoms with Gasteiger partial charge in [0.25, 0.3) is 0 Å². The molecule has 1 aliphatic rings. The van der Waals surface area contributed by atoms with Gasteiger partial charge in [0.2, 0.25) is 0 Å². The van der Waals surface area contributed by atoms with Gasteiger partial charge in [0.15, 0.2) is 5.43 Å². The lowest BCUT2D eigenvalue weighted by Crippen LogP contribution is -2.31. The number of carbonyl (C=O) groups excluding carboxylic acids is 1. The molecule has 7 nitrogen and oxygen atoms in total. The molecule has 1 aromatic heterocycles. The number of nitrogens with one attached hydrogen (secondary N) is 1. The average molecular weight is 445 g/mol. The summed E-state index contributed by atoms with van der Waals surface area (Å²) in [6.07, 6.45) is 0. The molecule has 33 heavy (non-hydrogen) atoms. The highest BCUT2D eigenvalue weighted by Crippen LogP contribution is 2.42. The monoisotopic (exact) mass is 445 g/mol. The minimum atomic E-state index is -1.19. The van der Waals surface area contributed by atoms with Gasteiger partial charge in [-0.1, -0.05) is 42.5 Å². The second kappa shape index (κ2) is 8.43. The molecule has 1 aliphatic heterocycles. The summed E-state index contributed by atoms with van der Waals surface area (Å²) in [4.78, 5) is 38.3. The Morgan fingerprint density at radius 1 is 0.970 bits per heavy atom. The third kappa shape index (κ3) is 3.61. The van der Waals surface area contributed by atoms with Gasteiger partial charge in [-0.15, -0.1) is 0 Å². The standard InChI is InChI=1S/C26H23NO6/c1-13-22(28)18-12-8-11-17(24(18)33-23(13)16-9-6-5-7-10-16)21-19(25(29)30)14(2)27-15(3)20(21)26(31)32-4/h5-12,21,27H,1-4H3,(H,29,30). The van der Waals surface area contributed by atoms with E-state index in [9.17, 15) is 19.5 Å². The van der Waals surface area contributed by atoms with Crippen molar-refractivity contribution in [1.29, 1.82) is 0 Å². The number of para-hydroxylation sites is 1. The molecule has 168 valence electrons. The number of benzene rings is 2. The van der Waals surface area contributed by atoms with Crippen molar-refractivity contribution < 1.29 is 23.8 Å². The number of carboxylic acid groups (broad SMARTS) is 1. The lowest BCUT2D eigenvalue weighted by molar-refractivity contribution is -0.136. The van der Waals surface area contributed by atoms with Crippen LogP contribution >= 0.6 is 0 Å². The molecule has 0 saturated carbocycles. The zero-order valence-corrected chi connectivity index (χ0v) is 18.7. The fraction of sp³-hybridized carbons (Fsp3) is 0.192. The van der Waals surface area contributed by atoms with E-state index in [-0.39, 0.29) is 22.2 Å². The largest absolute Gasteiger partial charge is 0.478 e. The molecule has 0 radical (unpaired) electrons. The van der Waals surface area contributed by atoms with Crippen LogP contribution in [-0.2, 0) is 14.3 Å². The lowest BCUT2D eigenvalue weighted by Gasteiger charge is -2.29. The summed E-state index contributed by atoms with van der Waals surface area (Å²) in [6.45, 7) is 5.01. The van der Waals surface area contributed by atoms with Gasteiger partial charge in [0.1, 0.15) is 11.3 Å². The average Bonchev–Trinajstić information content (AvgIpc) is 2.80. The molecule has 0 amide bonds. The topological polar surface area (TPSA) is 106 Å². The quantitative estimate of drug-likeness (QED) is 0.578. The number of methoxy groups -OCH3 is 1. The van der Waals surface area contributed by atoms with Gasteiger partial charge in [-0.2, -0.15) is 0 Å². The number of carboxylic acids is 1. The maximum Gasteiger partial charge on any atom is 0.336 e. The maximum absolute atomic E-state index is 13.3. The number of fused-ring (bicyclic) bond motifs is 1. The van der Waals surface area contributed by atoms with Crippen molar-refractivity contribution in [3.63, 3.8) is 0 Å². The van der Waals surface area contributed by atoms with E-state index in [1.54, 1.807) is 39.0 Å². The van der Waals surface area contributed by atoms with Crippen LogP contribution in [-0.4, -0.2) is 24.2 Å². The summed E-state index contributed by atoms with van der Waals surface area (Å²) in [5.74, 6) is -2.44. The molecule has 7 heteroatoms. The smallest absolute Gasteiger partial charge is 0.336 e. The highest BCUT2D eigenvalue weighted by Gasteiger charge is 2.38. The van der Waals surface area contributed by atoms with Crippen LogP contribution in [0.4, 0.5) is 0 Å². The number of allylic oxidation sites excluding steroid dienone is 2. The molecule has 0 aliphatic carbocycles. The first-order valence-electron chi connectivity index (χ1n) is 10.4. The van der Waals surface area contributed by atoms with Crippen LogP contribution in [0.25, 0.3) is 22.3 Å². The van der Waals surface area contributed by atoms with Crippen molar-refractivity contribution >= 4 is 22.9 Å². The molecular formula is C26H23NO6. The van der Waals surface area contributed by atoms with Gasteiger partial charge in [-0.25, -0.2) is 9.59 Å². The van der Waals surface area contributed by atoms with Crippen LogP contribution in [0.1, 0.15) is 30.9 Å². The predicted octanol–water partition coefficient (Wildman–Crippen LogP) is 4.26. The minimum absolute atomic E-state index is 0.0158. The third-order valence-electron chi connectivity index (χ3n) is 5.92. The number of hydrogen-bond donors (Lipinski definition) is 2. The van der Waals surface area contributed by atoms with Crippen molar-refractivity contribution in [3.8, 4) is 11.3 Å². The lowest BCUT2D eigenvalue weighted by atomic mass is 9.79. The number of dihydropyridines is 1. The number of aliphatic carboxylic acids is 1. The van der Waals surface area contributed by atoms with E-state index in [4.69, 9.17) is 9.15 Å². The van der Waals surface area contributed by atoms with Crippen LogP contribution in [0, 0.1) is 6.92 Å². The van der Waals surface area contributed by atoms with E-state index in [0.717, 1.165) is 5.56 Å². The van der Waals surface area contributed by atoms with E-state index in [1.807, 2.05) is 30.3 Å². The van der Waals surface area contributed by atoms with Gasteiger partial charge in [0.05, 0.1) is 29.6 Å². The summed E-state index contributed by atoms with van der Waals surface area (Å²) >= 11 is 0. The number of carbonyl (C=O) groups is 2. The number of rotatable bonds is 4. The third-order valence-corrected chi connectivity index (χ3v) is 5.92. The summed E-state index contributed by atoms with van der Waals surface area (Å²) in [5.41, 5.74) is 2.59. The Hall–Kier alpha value is -4.13. The van der Waals surface area contributed by atoms with Gasteiger partial charge in [-0.05, 0) is 26.8 Å². The predicted molar refractivity (Wildman–Crippen MR) is 124 cm³/mol. The summed E-state index contributed by atoms with van der Waals surface area (Å²) in [5, 5.41) is 13.3. The Kier molecular flexibility index (Phi) is 5.64. The molecule has 2 N–H and O–H groups in total. The first-order chi connectivity index (χ1) is 15.8. The normalized spacial score (nSPS) is 16.1. The fourth-order valence-electron chi connectivity index (χ4n) is 4.39. The van der Waals surface area contributed by atoms with Crippen molar-refractivity contribution in [3.05, 3.63) is 92.4 Å². The molecule has 0 bridgehead atoms. The van der Waals surface area contributed by atoms with Gasteiger partial charge in [0, 0.05) is 28.1 Å². The molecule has 2 heterocycles. The van der Waals surface area contributed by atoms with E-state index in [1.165, 1.54) is 7.11 Å². The highest BCUT2D eigenvalue weighted by atomic mass is 16.5. The zero-order valence-electron chi connectivity index (χ0n) is 18.7. The van der Waals surface area contributed by atoms with Crippen LogP contribution < -0.4 is 10.7 Å². The summed E-state index contributed by atoms with van der Waals surface area (Å²) in [7, 11) is 1.24. The SMILES string of the molecule is COC(=O)C1=C(C)NC(C)=C(C(=O)O)C1c1cccc2c(=O)c(C)c(-c3ccccc3)oc12. The van der Waals surface area contributed by atoms with Crippen LogP contribution in [0.3, 0.4) is 0 Å². The molecular weight excluding hydrogens is 422 g/mol. The zero-order chi connectivity index (χ0) is 23.9. The molecule has 1 unspecified atom stereocenters. The number of hydrogen-bond acceptors (Lipinski definition) is 6. The van der Waals surface area contributed by atoms with E-state index >= 15 is 0 Å². The highest BCUT2D eigenvalue weighted by molar-refractivity contribution is 6.00. The molecule has 4 rings (SSSR count). The second-order valence-electron chi connectivity index (χ2n) is 7.91. The fourth-order valence-corrected chi connectivity index (χ4v) is 4.39. The number of ether oxygens (including phenoxy) is 1. The first kappa shape index (κ1) is 22.1. The second-order valence-corrected chi connectivity index (χ2v) is 7.91. The van der Waals surface area contributed by atoms with E-state index < -0.39 is 17.9 Å². The van der Waals surface area contributed by atoms with E-state index in [0.29, 0.717) is 33.7 Å². The van der Waals surface area contributed by atoms with Crippen molar-refractivity contribution in [1.82, 2.24) is 5.32 Å². The van der Waals surface area contributed by atoms with Crippen molar-refractivity contribution in [2.45, 2.75) is 26.7 Å². The maximum atomic E-state index is 13.3. The minimum Gasteiger partial charge on any atom is -0.478 e. The first-order valence-corrected chi connectivity index (χ1v) is 10.4. The Labute approximate surface area is 190 Å². The summed E-state index contributed by atoms with van der Waals surface area (Å²) < 4.78 is 11.3. The van der Waals surface area contributed by atoms with Crippen molar-refractivity contribution in [2.75, 3.05) is 7.11 Å². The van der Waals surface area contributed by atoms with E-state index in [2.05, 4.69) is 5.32 Å². The van der Waals surface area contributed by atoms with Crippen LogP contribution in [0.2, 0.25) is 0 Å². The molecule has 3 aromatic rings. The number of esters is 1.